The van der Waals surface area contributed by atoms with Crippen molar-refractivity contribution in [3.8, 4) is 11.5 Å². The first-order chi connectivity index (χ1) is 13.0. The van der Waals surface area contributed by atoms with Crippen LogP contribution in [-0.2, 0) is 26.2 Å². The second kappa shape index (κ2) is 5.50. The Morgan fingerprint density at radius 3 is 2.78 bits per heavy atom. The third kappa shape index (κ3) is 2.01. The van der Waals surface area contributed by atoms with Gasteiger partial charge in [0.1, 0.15) is 6.10 Å². The number of benzene rings is 1. The topological polar surface area (TPSA) is 65.1 Å². The SMILES string of the molecule is COc1ccc2c3c1O[C@H]1[C@@H](OC(C)=O)C=C[C@H]4[C@@H](C2)N(C(C)=O)CC[C@@]341. The molecule has 1 amide bonds. The van der Waals surface area contributed by atoms with Gasteiger partial charge in [-0.1, -0.05) is 12.1 Å². The van der Waals surface area contributed by atoms with Crippen LogP contribution in [0.1, 0.15) is 31.4 Å². The van der Waals surface area contributed by atoms with Crippen molar-refractivity contribution >= 4 is 11.9 Å². The van der Waals surface area contributed by atoms with Crippen molar-refractivity contribution in [1.82, 2.24) is 4.90 Å². The van der Waals surface area contributed by atoms with E-state index < -0.39 is 6.10 Å². The van der Waals surface area contributed by atoms with Gasteiger partial charge in [-0.25, -0.2) is 0 Å². The summed E-state index contributed by atoms with van der Waals surface area (Å²) >= 11 is 0. The van der Waals surface area contributed by atoms with Crippen molar-refractivity contribution in [2.45, 2.75) is 50.4 Å². The Morgan fingerprint density at radius 1 is 1.26 bits per heavy atom. The molecule has 2 heterocycles. The summed E-state index contributed by atoms with van der Waals surface area (Å²) in [6.07, 6.45) is 4.94. The fourth-order valence-corrected chi connectivity index (χ4v) is 5.87. The number of amides is 1. The molecule has 2 aliphatic heterocycles. The van der Waals surface area contributed by atoms with Crippen LogP contribution in [0.3, 0.4) is 0 Å². The summed E-state index contributed by atoms with van der Waals surface area (Å²) in [5.74, 6) is 1.43. The number of nitrogens with zero attached hydrogens (tertiary/aromatic N) is 1. The Labute approximate surface area is 158 Å². The minimum atomic E-state index is -0.439. The number of rotatable bonds is 2. The Hall–Kier alpha value is -2.50. The maximum absolute atomic E-state index is 12.3. The van der Waals surface area contributed by atoms with Crippen molar-refractivity contribution < 1.29 is 23.8 Å². The second-order valence-corrected chi connectivity index (χ2v) is 7.93. The molecular formula is C21H23NO5. The summed E-state index contributed by atoms with van der Waals surface area (Å²) < 4.78 is 17.6. The van der Waals surface area contributed by atoms with E-state index in [1.54, 1.807) is 14.0 Å². The van der Waals surface area contributed by atoms with Crippen molar-refractivity contribution in [1.29, 1.82) is 0 Å². The van der Waals surface area contributed by atoms with Crippen LogP contribution in [0, 0.1) is 5.92 Å². The molecule has 1 spiro atoms. The molecule has 1 aromatic rings. The molecule has 1 aromatic carbocycles. The van der Waals surface area contributed by atoms with E-state index in [1.807, 2.05) is 17.0 Å². The molecule has 0 unspecified atom stereocenters. The van der Waals surface area contributed by atoms with E-state index in [-0.39, 0.29) is 35.4 Å². The molecule has 27 heavy (non-hydrogen) atoms. The van der Waals surface area contributed by atoms with E-state index >= 15 is 0 Å². The van der Waals surface area contributed by atoms with E-state index in [1.165, 1.54) is 18.1 Å². The minimum Gasteiger partial charge on any atom is -0.493 e. The van der Waals surface area contributed by atoms with Crippen LogP contribution >= 0.6 is 0 Å². The third-order valence-electron chi connectivity index (χ3n) is 6.76. The number of likely N-dealkylation sites (tertiary alicyclic amines) is 1. The zero-order valence-electron chi connectivity index (χ0n) is 15.7. The van der Waals surface area contributed by atoms with Crippen molar-refractivity contribution in [3.63, 3.8) is 0 Å². The van der Waals surface area contributed by atoms with Gasteiger partial charge in [0, 0.05) is 37.9 Å². The van der Waals surface area contributed by atoms with Gasteiger partial charge >= 0.3 is 5.97 Å². The van der Waals surface area contributed by atoms with Gasteiger partial charge in [0.15, 0.2) is 17.6 Å². The van der Waals surface area contributed by atoms with E-state index in [0.29, 0.717) is 12.3 Å². The molecule has 1 saturated heterocycles. The largest absolute Gasteiger partial charge is 0.493 e. The maximum Gasteiger partial charge on any atom is 0.303 e. The number of ether oxygens (including phenoxy) is 3. The highest BCUT2D eigenvalue weighted by molar-refractivity contribution is 5.75. The van der Waals surface area contributed by atoms with Gasteiger partial charge in [-0.2, -0.15) is 0 Å². The summed E-state index contributed by atoms with van der Waals surface area (Å²) in [4.78, 5) is 25.9. The van der Waals surface area contributed by atoms with Gasteiger partial charge in [0.2, 0.25) is 5.91 Å². The molecule has 0 saturated carbocycles. The fraction of sp³-hybridized carbons (Fsp3) is 0.524. The summed E-state index contributed by atoms with van der Waals surface area (Å²) in [6, 6.07) is 4.13. The highest BCUT2D eigenvalue weighted by Crippen LogP contribution is 2.62. The molecular weight excluding hydrogens is 346 g/mol. The highest BCUT2D eigenvalue weighted by atomic mass is 16.6. The third-order valence-corrected chi connectivity index (χ3v) is 6.76. The fourth-order valence-electron chi connectivity index (χ4n) is 5.87. The lowest BCUT2D eigenvalue weighted by molar-refractivity contribution is -0.153. The average molecular weight is 369 g/mol. The highest BCUT2D eigenvalue weighted by Gasteiger charge is 2.65. The maximum atomic E-state index is 12.3. The normalized spacial score (nSPS) is 34.6. The lowest BCUT2D eigenvalue weighted by Crippen LogP contribution is -2.66. The number of carbonyl (C=O) groups is 2. The monoisotopic (exact) mass is 369 g/mol. The summed E-state index contributed by atoms with van der Waals surface area (Å²) in [6.45, 7) is 3.75. The van der Waals surface area contributed by atoms with Crippen LogP contribution in [-0.4, -0.2) is 48.7 Å². The van der Waals surface area contributed by atoms with Crippen LogP contribution in [0.25, 0.3) is 0 Å². The molecule has 142 valence electrons. The van der Waals surface area contributed by atoms with Gasteiger partial charge in [0.05, 0.1) is 12.5 Å². The predicted molar refractivity (Wildman–Crippen MR) is 96.8 cm³/mol. The summed E-state index contributed by atoms with van der Waals surface area (Å²) in [5.41, 5.74) is 2.11. The Bertz CT molecular complexity index is 878. The molecule has 0 N–H and O–H groups in total. The molecule has 2 bridgehead atoms. The zero-order chi connectivity index (χ0) is 18.9. The van der Waals surface area contributed by atoms with Gasteiger partial charge in [-0.15, -0.1) is 0 Å². The van der Waals surface area contributed by atoms with Crippen LogP contribution in [0.2, 0.25) is 0 Å². The van der Waals surface area contributed by atoms with Gasteiger partial charge in [-0.05, 0) is 30.5 Å². The van der Waals surface area contributed by atoms with Gasteiger partial charge < -0.3 is 19.1 Å². The molecule has 5 rings (SSSR count). The van der Waals surface area contributed by atoms with E-state index in [0.717, 1.165) is 18.6 Å². The number of hydrogen-bond acceptors (Lipinski definition) is 5. The van der Waals surface area contributed by atoms with Crippen molar-refractivity contribution in [2.75, 3.05) is 13.7 Å². The first-order valence-electron chi connectivity index (χ1n) is 9.47. The Kier molecular flexibility index (Phi) is 3.39. The van der Waals surface area contributed by atoms with Crippen molar-refractivity contribution in [2.24, 2.45) is 5.92 Å². The van der Waals surface area contributed by atoms with Crippen LogP contribution in [0.15, 0.2) is 24.3 Å². The number of esters is 1. The quantitative estimate of drug-likeness (QED) is 0.589. The number of piperidine rings is 1. The zero-order valence-corrected chi connectivity index (χ0v) is 15.7. The average Bonchev–Trinajstić information content (AvgIpc) is 2.96. The van der Waals surface area contributed by atoms with E-state index in [9.17, 15) is 9.59 Å². The predicted octanol–water partition coefficient (Wildman–Crippen LogP) is 1.99. The molecule has 5 atom stereocenters. The number of carbonyl (C=O) groups excluding carboxylic acids is 2. The molecule has 6 heteroatoms. The molecule has 2 aliphatic carbocycles. The first-order valence-corrected chi connectivity index (χ1v) is 9.47. The molecule has 4 aliphatic rings. The lowest BCUT2D eigenvalue weighted by Gasteiger charge is -2.57. The van der Waals surface area contributed by atoms with E-state index in [4.69, 9.17) is 14.2 Å². The summed E-state index contributed by atoms with van der Waals surface area (Å²) in [7, 11) is 1.64. The smallest absolute Gasteiger partial charge is 0.303 e. The van der Waals surface area contributed by atoms with Gasteiger partial charge in [0.25, 0.3) is 0 Å². The minimum absolute atomic E-state index is 0.101. The number of hydrogen-bond donors (Lipinski definition) is 0. The van der Waals surface area contributed by atoms with Crippen LogP contribution < -0.4 is 9.47 Å². The molecule has 6 nitrogen and oxygen atoms in total. The first kappa shape index (κ1) is 16.7. The van der Waals surface area contributed by atoms with Gasteiger partial charge in [-0.3, -0.25) is 9.59 Å². The number of methoxy groups -OCH3 is 1. The second-order valence-electron chi connectivity index (χ2n) is 7.93. The Balaban J connectivity index is 1.72. The molecule has 0 radical (unpaired) electrons. The van der Waals surface area contributed by atoms with E-state index in [2.05, 4.69) is 12.1 Å². The standard InChI is InChI=1S/C21H23NO5/c1-11(23)22-9-8-21-14-5-7-17(26-12(2)24)20(21)27-19-16(25-3)6-4-13(18(19)21)10-15(14)22/h4-7,14-15,17,20H,8-10H2,1-3H3/t14-,15+,17-,20-,21-/m0/s1. The van der Waals surface area contributed by atoms with Crippen molar-refractivity contribution in [3.05, 3.63) is 35.4 Å². The Morgan fingerprint density at radius 2 is 2.07 bits per heavy atom. The summed E-state index contributed by atoms with van der Waals surface area (Å²) in [5, 5.41) is 0. The van der Waals surface area contributed by atoms with Crippen LogP contribution in [0.5, 0.6) is 11.5 Å². The lowest BCUT2D eigenvalue weighted by atomic mass is 9.53. The van der Waals surface area contributed by atoms with Crippen LogP contribution in [0.4, 0.5) is 0 Å². The molecule has 0 aromatic heterocycles. The molecule has 1 fully saturated rings.